The molecule has 0 saturated carbocycles. The SMILES string of the molecule is C.C.C.[C]#Cc1ccccc1.[Sn]. The van der Waals surface area contributed by atoms with Gasteiger partial charge in [-0.1, -0.05) is 46.4 Å². The molecule has 0 aliphatic rings. The second-order valence-electron chi connectivity index (χ2n) is 1.49. The minimum Gasteiger partial charge on any atom is -0.0776 e. The Labute approximate surface area is 94.4 Å². The Morgan fingerprint density at radius 1 is 0.917 bits per heavy atom. The Hall–Kier alpha value is -0.421. The maximum atomic E-state index is 6.69. The number of hydrogen-bond acceptors (Lipinski definition) is 0. The monoisotopic (exact) mass is 269 g/mol. The van der Waals surface area contributed by atoms with Crippen molar-refractivity contribution in [3.05, 3.63) is 42.3 Å². The molecule has 0 nitrogen and oxygen atoms in total. The van der Waals surface area contributed by atoms with Crippen LogP contribution >= 0.6 is 0 Å². The van der Waals surface area contributed by atoms with Crippen molar-refractivity contribution in [1.29, 1.82) is 0 Å². The Balaban J connectivity index is -0.0000000800. The number of benzene rings is 1. The Morgan fingerprint density at radius 3 is 1.58 bits per heavy atom. The fourth-order valence-corrected chi connectivity index (χ4v) is 0.521. The quantitative estimate of drug-likeness (QED) is 0.501. The fourth-order valence-electron chi connectivity index (χ4n) is 0.521. The largest absolute Gasteiger partial charge is 0.0776 e. The first-order valence-corrected chi connectivity index (χ1v) is 2.41. The second-order valence-corrected chi connectivity index (χ2v) is 1.49. The van der Waals surface area contributed by atoms with Crippen LogP contribution in [0.4, 0.5) is 0 Å². The van der Waals surface area contributed by atoms with Gasteiger partial charge in [0.1, 0.15) is 0 Å². The van der Waals surface area contributed by atoms with Gasteiger partial charge >= 0.3 is 0 Å². The molecule has 1 rings (SSSR count). The molecule has 12 heavy (non-hydrogen) atoms. The standard InChI is InChI=1S/C8H5.3CH4.Sn/c1-2-8-6-4-3-5-7-8;;;;/h3-7H;3*1H4;. The van der Waals surface area contributed by atoms with Gasteiger partial charge in [0.15, 0.2) is 0 Å². The first-order valence-electron chi connectivity index (χ1n) is 2.41. The molecule has 0 unspecified atom stereocenters. The van der Waals surface area contributed by atoms with Crippen molar-refractivity contribution in [3.63, 3.8) is 0 Å². The van der Waals surface area contributed by atoms with E-state index in [2.05, 4.69) is 5.92 Å². The van der Waals surface area contributed by atoms with Gasteiger partial charge < -0.3 is 0 Å². The van der Waals surface area contributed by atoms with E-state index in [9.17, 15) is 0 Å². The van der Waals surface area contributed by atoms with E-state index in [1.165, 1.54) is 0 Å². The molecule has 0 spiro atoms. The van der Waals surface area contributed by atoms with Crippen molar-refractivity contribution in [3.8, 4) is 5.92 Å². The van der Waals surface area contributed by atoms with Gasteiger partial charge in [-0.3, -0.25) is 0 Å². The normalized spacial score (nSPS) is 5.25. The molecule has 1 aromatic carbocycles. The molecular formula is C11H17Sn. The number of rotatable bonds is 0. The third kappa shape index (κ3) is 7.68. The van der Waals surface area contributed by atoms with Gasteiger partial charge in [-0.15, -0.1) is 0 Å². The summed E-state index contributed by atoms with van der Waals surface area (Å²) in [6.07, 6.45) is 6.69. The predicted molar refractivity (Wildman–Crippen MR) is 58.6 cm³/mol. The van der Waals surface area contributed by atoms with Crippen LogP contribution in [-0.4, -0.2) is 23.9 Å². The van der Waals surface area contributed by atoms with Crippen LogP contribution in [0.5, 0.6) is 0 Å². The topological polar surface area (TPSA) is 0 Å². The van der Waals surface area contributed by atoms with Crippen molar-refractivity contribution in [1.82, 2.24) is 0 Å². The zero-order valence-electron chi connectivity index (χ0n) is 4.89. The minimum atomic E-state index is 0. The van der Waals surface area contributed by atoms with Gasteiger partial charge in [-0.25, -0.2) is 0 Å². The van der Waals surface area contributed by atoms with Crippen molar-refractivity contribution < 1.29 is 0 Å². The van der Waals surface area contributed by atoms with E-state index in [1.54, 1.807) is 0 Å². The third-order valence-electron chi connectivity index (χ3n) is 0.918. The molecule has 1 aromatic rings. The summed E-state index contributed by atoms with van der Waals surface area (Å²) in [4.78, 5) is 0. The summed E-state index contributed by atoms with van der Waals surface area (Å²) in [6.45, 7) is 0. The average Bonchev–Trinajstić information content (AvgIpc) is 1.90. The zero-order valence-corrected chi connectivity index (χ0v) is 7.74. The predicted octanol–water partition coefficient (Wildman–Crippen LogP) is 3.15. The molecule has 0 saturated heterocycles. The van der Waals surface area contributed by atoms with Gasteiger partial charge in [0.2, 0.25) is 0 Å². The average molecular weight is 268 g/mol. The van der Waals surface area contributed by atoms with E-state index >= 15 is 0 Å². The summed E-state index contributed by atoms with van der Waals surface area (Å²) in [7, 11) is 0. The van der Waals surface area contributed by atoms with Crippen molar-refractivity contribution in [2.24, 2.45) is 0 Å². The molecule has 0 heterocycles. The molecule has 0 bridgehead atoms. The summed E-state index contributed by atoms with van der Waals surface area (Å²) in [5, 5.41) is 0. The Kier molecular flexibility index (Phi) is 24.8. The maximum Gasteiger partial charge on any atom is 0.0255 e. The van der Waals surface area contributed by atoms with Crippen molar-refractivity contribution in [2.45, 2.75) is 22.3 Å². The summed E-state index contributed by atoms with van der Waals surface area (Å²) in [5.41, 5.74) is 0.826. The Bertz CT molecular complexity index is 196. The first-order chi connectivity index (χ1) is 3.93. The first kappa shape index (κ1) is 22.6. The van der Waals surface area contributed by atoms with Gasteiger partial charge in [0.05, 0.1) is 0 Å². The van der Waals surface area contributed by atoms with Crippen molar-refractivity contribution >= 4 is 23.9 Å². The molecule has 0 fully saturated rings. The maximum absolute atomic E-state index is 6.69. The van der Waals surface area contributed by atoms with Crippen LogP contribution in [0.2, 0.25) is 0 Å². The van der Waals surface area contributed by atoms with E-state index in [0.717, 1.165) is 5.56 Å². The molecule has 0 amide bonds. The zero-order chi connectivity index (χ0) is 5.82. The van der Waals surface area contributed by atoms with Crippen LogP contribution in [0.1, 0.15) is 27.8 Å². The van der Waals surface area contributed by atoms with Crippen molar-refractivity contribution in [2.75, 3.05) is 0 Å². The van der Waals surface area contributed by atoms with E-state index in [1.807, 2.05) is 30.3 Å². The van der Waals surface area contributed by atoms with E-state index in [4.69, 9.17) is 6.42 Å². The summed E-state index contributed by atoms with van der Waals surface area (Å²) < 4.78 is 0. The summed E-state index contributed by atoms with van der Waals surface area (Å²) in [5.74, 6) is 2.28. The molecule has 65 valence electrons. The van der Waals surface area contributed by atoms with E-state index in [0.29, 0.717) is 0 Å². The van der Waals surface area contributed by atoms with Crippen LogP contribution in [0.15, 0.2) is 30.3 Å². The summed E-state index contributed by atoms with van der Waals surface area (Å²) >= 11 is 0. The van der Waals surface area contributed by atoms with Gasteiger partial charge in [-0.05, 0) is 18.6 Å². The fraction of sp³-hybridized carbons (Fsp3) is 0.273. The van der Waals surface area contributed by atoms with Gasteiger partial charge in [0.25, 0.3) is 0 Å². The molecule has 0 aliphatic heterocycles. The molecule has 0 N–H and O–H groups in total. The molecule has 5 radical (unpaired) electrons. The van der Waals surface area contributed by atoms with Gasteiger partial charge in [0, 0.05) is 29.5 Å². The van der Waals surface area contributed by atoms with Crippen LogP contribution in [0, 0.1) is 12.3 Å². The van der Waals surface area contributed by atoms with E-state index in [-0.39, 0.29) is 46.2 Å². The molecule has 1 heteroatoms. The summed E-state index contributed by atoms with van der Waals surface area (Å²) in [6, 6.07) is 9.37. The minimum absolute atomic E-state index is 0. The Morgan fingerprint density at radius 2 is 1.33 bits per heavy atom. The second kappa shape index (κ2) is 13.2. The van der Waals surface area contributed by atoms with E-state index < -0.39 is 0 Å². The molecular weight excluding hydrogens is 251 g/mol. The molecule has 0 atom stereocenters. The number of hydrogen-bond donors (Lipinski definition) is 0. The molecule has 0 aliphatic carbocycles. The van der Waals surface area contributed by atoms with Crippen LogP contribution < -0.4 is 0 Å². The van der Waals surface area contributed by atoms with Crippen LogP contribution in [0.3, 0.4) is 0 Å². The van der Waals surface area contributed by atoms with Crippen LogP contribution in [0.25, 0.3) is 0 Å². The third-order valence-corrected chi connectivity index (χ3v) is 0.918. The smallest absolute Gasteiger partial charge is 0.0255 e. The van der Waals surface area contributed by atoms with Crippen LogP contribution in [-0.2, 0) is 0 Å². The van der Waals surface area contributed by atoms with Gasteiger partial charge in [-0.2, -0.15) is 0 Å². The molecule has 0 aromatic heterocycles.